The van der Waals surface area contributed by atoms with Crippen molar-refractivity contribution < 1.29 is 0 Å². The first-order valence-electron chi connectivity index (χ1n) is 5.02. The van der Waals surface area contributed by atoms with Gasteiger partial charge in [-0.1, -0.05) is 29.3 Å². The molecule has 0 aliphatic heterocycles. The van der Waals surface area contributed by atoms with E-state index in [0.29, 0.717) is 16.0 Å². The maximum Gasteiger partial charge on any atom is 0.224 e. The Hall–Kier alpha value is -1.32. The Morgan fingerprint density at radius 2 is 1.71 bits per heavy atom. The molecule has 0 saturated carbocycles. The second kappa shape index (κ2) is 4.90. The number of aromatic nitrogens is 2. The molecule has 3 nitrogen and oxygen atoms in total. The number of anilines is 1. The van der Waals surface area contributed by atoms with Gasteiger partial charge in [-0.05, 0) is 12.1 Å². The summed E-state index contributed by atoms with van der Waals surface area (Å²) in [5, 5.41) is 1.21. The van der Waals surface area contributed by atoms with Crippen LogP contribution in [0.5, 0.6) is 0 Å². The summed E-state index contributed by atoms with van der Waals surface area (Å²) < 4.78 is 0. The van der Waals surface area contributed by atoms with Gasteiger partial charge in [-0.15, -0.1) is 0 Å². The Balaban J connectivity index is 2.40. The quantitative estimate of drug-likeness (QED) is 0.834. The lowest BCUT2D eigenvalue weighted by molar-refractivity contribution is 1.000. The molecule has 0 saturated heterocycles. The number of rotatable bonds is 2. The van der Waals surface area contributed by atoms with Crippen molar-refractivity contribution in [1.29, 1.82) is 0 Å². The third kappa shape index (κ3) is 2.68. The summed E-state index contributed by atoms with van der Waals surface area (Å²) in [6.45, 7) is 0. The summed E-state index contributed by atoms with van der Waals surface area (Å²) in [7, 11) is 3.79. The van der Waals surface area contributed by atoms with Crippen molar-refractivity contribution in [2.45, 2.75) is 0 Å². The molecule has 0 radical (unpaired) electrons. The third-order valence-electron chi connectivity index (χ3n) is 2.28. The Morgan fingerprint density at radius 1 is 1.06 bits per heavy atom. The Labute approximate surface area is 110 Å². The molecule has 88 valence electrons. The number of halogens is 2. The summed E-state index contributed by atoms with van der Waals surface area (Å²) in [6.07, 6.45) is 3.49. The minimum Gasteiger partial charge on any atom is -0.347 e. The molecule has 1 aromatic carbocycles. The molecule has 2 aromatic rings. The smallest absolute Gasteiger partial charge is 0.224 e. The van der Waals surface area contributed by atoms with E-state index in [1.807, 2.05) is 25.1 Å². The second-order valence-electron chi connectivity index (χ2n) is 3.79. The lowest BCUT2D eigenvalue weighted by Crippen LogP contribution is -2.12. The first-order chi connectivity index (χ1) is 8.08. The van der Waals surface area contributed by atoms with Gasteiger partial charge >= 0.3 is 0 Å². The summed E-state index contributed by atoms with van der Waals surface area (Å²) in [5.74, 6) is 0.666. The van der Waals surface area contributed by atoms with Gasteiger partial charge in [0.2, 0.25) is 5.95 Å². The Morgan fingerprint density at radius 3 is 2.24 bits per heavy atom. The van der Waals surface area contributed by atoms with Crippen LogP contribution in [0.25, 0.3) is 11.1 Å². The molecule has 0 atom stereocenters. The van der Waals surface area contributed by atoms with E-state index in [1.54, 1.807) is 24.5 Å². The topological polar surface area (TPSA) is 29.0 Å². The monoisotopic (exact) mass is 267 g/mol. The van der Waals surface area contributed by atoms with Gasteiger partial charge < -0.3 is 4.90 Å². The van der Waals surface area contributed by atoms with Crippen LogP contribution in [-0.2, 0) is 0 Å². The van der Waals surface area contributed by atoms with E-state index < -0.39 is 0 Å². The largest absolute Gasteiger partial charge is 0.347 e. The van der Waals surface area contributed by atoms with Crippen molar-refractivity contribution in [3.8, 4) is 11.1 Å². The van der Waals surface area contributed by atoms with E-state index in [4.69, 9.17) is 23.2 Å². The molecule has 0 amide bonds. The zero-order valence-corrected chi connectivity index (χ0v) is 11.0. The highest BCUT2D eigenvalue weighted by Crippen LogP contribution is 2.29. The predicted octanol–water partition coefficient (Wildman–Crippen LogP) is 3.52. The van der Waals surface area contributed by atoms with E-state index in [1.165, 1.54) is 0 Å². The highest BCUT2D eigenvalue weighted by molar-refractivity contribution is 6.36. The fourth-order valence-corrected chi connectivity index (χ4v) is 1.93. The maximum atomic E-state index is 6.12. The number of nitrogens with zero attached hydrogens (tertiary/aromatic N) is 3. The molecule has 0 spiro atoms. The molecule has 1 aromatic heterocycles. The highest BCUT2D eigenvalue weighted by Gasteiger charge is 2.06. The van der Waals surface area contributed by atoms with Crippen molar-refractivity contribution in [2.24, 2.45) is 0 Å². The lowest BCUT2D eigenvalue weighted by atomic mass is 10.1. The summed E-state index contributed by atoms with van der Waals surface area (Å²) in [6, 6.07) is 5.36. The van der Waals surface area contributed by atoms with E-state index in [0.717, 1.165) is 11.1 Å². The Kier molecular flexibility index (Phi) is 3.50. The van der Waals surface area contributed by atoms with E-state index in [9.17, 15) is 0 Å². The van der Waals surface area contributed by atoms with Gasteiger partial charge in [0.05, 0.1) is 0 Å². The average molecular weight is 268 g/mol. The van der Waals surface area contributed by atoms with Crippen LogP contribution in [0.3, 0.4) is 0 Å². The minimum absolute atomic E-state index is 0.596. The molecule has 0 fully saturated rings. The standard InChI is InChI=1S/C12H11Cl2N3/c1-17(2)12-15-6-8(7-16-12)10-4-3-9(13)5-11(10)14/h3-7H,1-2H3. The van der Waals surface area contributed by atoms with Crippen LogP contribution < -0.4 is 4.90 Å². The van der Waals surface area contributed by atoms with Crippen molar-refractivity contribution >= 4 is 29.2 Å². The molecule has 0 bridgehead atoms. The average Bonchev–Trinajstić information content (AvgIpc) is 2.29. The summed E-state index contributed by atoms with van der Waals surface area (Å²) in [5.41, 5.74) is 1.75. The lowest BCUT2D eigenvalue weighted by Gasteiger charge is -2.10. The highest BCUT2D eigenvalue weighted by atomic mass is 35.5. The molecule has 2 rings (SSSR count). The first kappa shape index (κ1) is 12.1. The van der Waals surface area contributed by atoms with Crippen LogP contribution in [-0.4, -0.2) is 24.1 Å². The van der Waals surface area contributed by atoms with Crippen LogP contribution in [0.4, 0.5) is 5.95 Å². The molecule has 0 unspecified atom stereocenters. The summed E-state index contributed by atoms with van der Waals surface area (Å²) in [4.78, 5) is 10.3. The first-order valence-corrected chi connectivity index (χ1v) is 5.78. The molecular formula is C12H11Cl2N3. The predicted molar refractivity (Wildman–Crippen MR) is 71.8 cm³/mol. The van der Waals surface area contributed by atoms with Crippen LogP contribution in [0.2, 0.25) is 10.0 Å². The van der Waals surface area contributed by atoms with Crippen molar-refractivity contribution in [1.82, 2.24) is 9.97 Å². The number of hydrogen-bond donors (Lipinski definition) is 0. The molecule has 5 heteroatoms. The van der Waals surface area contributed by atoms with Crippen molar-refractivity contribution in [3.63, 3.8) is 0 Å². The Bertz CT molecular complexity index is 524. The second-order valence-corrected chi connectivity index (χ2v) is 4.63. The third-order valence-corrected chi connectivity index (χ3v) is 2.83. The zero-order valence-electron chi connectivity index (χ0n) is 9.48. The fraction of sp³-hybridized carbons (Fsp3) is 0.167. The van der Waals surface area contributed by atoms with Gasteiger partial charge in [0.15, 0.2) is 0 Å². The maximum absolute atomic E-state index is 6.12. The number of hydrogen-bond acceptors (Lipinski definition) is 3. The van der Waals surface area contributed by atoms with Gasteiger partial charge in [0.1, 0.15) is 0 Å². The van der Waals surface area contributed by atoms with Crippen LogP contribution in [0, 0.1) is 0 Å². The van der Waals surface area contributed by atoms with Crippen LogP contribution >= 0.6 is 23.2 Å². The minimum atomic E-state index is 0.596. The fourth-order valence-electron chi connectivity index (χ4n) is 1.41. The van der Waals surface area contributed by atoms with Gasteiger partial charge in [0, 0.05) is 47.7 Å². The SMILES string of the molecule is CN(C)c1ncc(-c2ccc(Cl)cc2Cl)cn1. The molecular weight excluding hydrogens is 257 g/mol. The van der Waals surface area contributed by atoms with E-state index >= 15 is 0 Å². The van der Waals surface area contributed by atoms with Crippen molar-refractivity contribution in [3.05, 3.63) is 40.6 Å². The number of benzene rings is 1. The van der Waals surface area contributed by atoms with E-state index in [-0.39, 0.29) is 0 Å². The van der Waals surface area contributed by atoms with Crippen LogP contribution in [0.1, 0.15) is 0 Å². The normalized spacial score (nSPS) is 10.4. The molecule has 1 heterocycles. The van der Waals surface area contributed by atoms with Gasteiger partial charge in [-0.3, -0.25) is 0 Å². The van der Waals surface area contributed by atoms with Gasteiger partial charge in [-0.25, -0.2) is 9.97 Å². The molecule has 0 aliphatic carbocycles. The molecule has 0 aliphatic rings. The van der Waals surface area contributed by atoms with Gasteiger partial charge in [-0.2, -0.15) is 0 Å². The zero-order chi connectivity index (χ0) is 12.4. The molecule has 17 heavy (non-hydrogen) atoms. The van der Waals surface area contributed by atoms with E-state index in [2.05, 4.69) is 9.97 Å². The van der Waals surface area contributed by atoms with Crippen LogP contribution in [0.15, 0.2) is 30.6 Å². The van der Waals surface area contributed by atoms with Crippen molar-refractivity contribution in [2.75, 3.05) is 19.0 Å². The molecule has 0 N–H and O–H groups in total. The van der Waals surface area contributed by atoms with Gasteiger partial charge in [0.25, 0.3) is 0 Å². The summed E-state index contributed by atoms with van der Waals surface area (Å²) >= 11 is 12.0.